The summed E-state index contributed by atoms with van der Waals surface area (Å²) in [4.78, 5) is 17.3. The van der Waals surface area contributed by atoms with Gasteiger partial charge in [-0.1, -0.05) is 12.1 Å². The zero-order chi connectivity index (χ0) is 17.3. The van der Waals surface area contributed by atoms with Crippen molar-refractivity contribution in [2.24, 2.45) is 5.92 Å². The van der Waals surface area contributed by atoms with Crippen molar-refractivity contribution in [2.45, 2.75) is 17.4 Å². The van der Waals surface area contributed by atoms with Crippen LogP contribution < -0.4 is 0 Å². The lowest BCUT2D eigenvalue weighted by Crippen LogP contribution is -2.46. The number of sulfone groups is 1. The second kappa shape index (κ2) is 6.82. The van der Waals surface area contributed by atoms with Crippen LogP contribution in [0.3, 0.4) is 0 Å². The molecule has 132 valence electrons. The molecule has 0 unspecified atom stereocenters. The zero-order valence-electron chi connectivity index (χ0n) is 14.1. The van der Waals surface area contributed by atoms with Crippen molar-refractivity contribution in [3.8, 4) is 0 Å². The van der Waals surface area contributed by atoms with Gasteiger partial charge in [0.05, 0.1) is 30.6 Å². The number of fused-ring (bicyclic) bond motifs is 3. The molecule has 2 heterocycles. The van der Waals surface area contributed by atoms with Gasteiger partial charge in [-0.25, -0.2) is 8.42 Å². The van der Waals surface area contributed by atoms with Crippen molar-refractivity contribution in [3.05, 3.63) is 29.8 Å². The minimum atomic E-state index is -3.21. The zero-order valence-corrected chi connectivity index (χ0v) is 15.0. The summed E-state index contributed by atoms with van der Waals surface area (Å²) in [5, 5.41) is 0. The quantitative estimate of drug-likeness (QED) is 0.789. The van der Waals surface area contributed by atoms with Crippen LogP contribution in [0.25, 0.3) is 0 Å². The Morgan fingerprint density at radius 2 is 1.88 bits per heavy atom. The Hall–Kier alpha value is -1.44. The Morgan fingerprint density at radius 3 is 2.54 bits per heavy atom. The number of rotatable bonds is 3. The molecule has 24 heavy (non-hydrogen) atoms. The van der Waals surface area contributed by atoms with E-state index < -0.39 is 9.84 Å². The molecule has 2 atom stereocenters. The molecule has 0 spiro atoms. The van der Waals surface area contributed by atoms with Crippen LogP contribution in [0.5, 0.6) is 0 Å². The van der Waals surface area contributed by atoms with E-state index in [1.165, 1.54) is 6.26 Å². The summed E-state index contributed by atoms with van der Waals surface area (Å²) in [6.45, 7) is 3.79. The highest BCUT2D eigenvalue weighted by Gasteiger charge is 2.34. The van der Waals surface area contributed by atoms with E-state index in [4.69, 9.17) is 4.74 Å². The number of nitrogens with zero attached hydrogens (tertiary/aromatic N) is 2. The van der Waals surface area contributed by atoms with Gasteiger partial charge in [-0.15, -0.1) is 0 Å². The third kappa shape index (κ3) is 3.96. The lowest BCUT2D eigenvalue weighted by Gasteiger charge is -2.29. The van der Waals surface area contributed by atoms with Gasteiger partial charge in [0.2, 0.25) is 5.91 Å². The van der Waals surface area contributed by atoms with Gasteiger partial charge in [0, 0.05) is 31.8 Å². The first-order chi connectivity index (χ1) is 11.3. The van der Waals surface area contributed by atoms with E-state index in [9.17, 15) is 13.2 Å². The Bertz CT molecular complexity index is 702. The molecule has 0 radical (unpaired) electrons. The fourth-order valence-corrected chi connectivity index (χ4v) is 4.14. The normalized spacial score (nSPS) is 25.3. The van der Waals surface area contributed by atoms with Gasteiger partial charge in [-0.2, -0.15) is 0 Å². The smallest absolute Gasteiger partial charge is 0.227 e. The van der Waals surface area contributed by atoms with E-state index in [1.807, 2.05) is 4.90 Å². The highest BCUT2D eigenvalue weighted by molar-refractivity contribution is 7.90. The van der Waals surface area contributed by atoms with E-state index in [1.54, 1.807) is 24.3 Å². The molecule has 1 aromatic rings. The molecule has 3 rings (SSSR count). The first kappa shape index (κ1) is 17.4. The number of hydrogen-bond acceptors (Lipinski definition) is 5. The maximum absolute atomic E-state index is 12.8. The molecule has 0 saturated carbocycles. The van der Waals surface area contributed by atoms with Crippen LogP contribution in [-0.4, -0.2) is 76.3 Å². The van der Waals surface area contributed by atoms with Gasteiger partial charge in [0.25, 0.3) is 0 Å². The molecule has 1 aromatic carbocycles. The minimum Gasteiger partial charge on any atom is -0.379 e. The topological polar surface area (TPSA) is 66.9 Å². The summed E-state index contributed by atoms with van der Waals surface area (Å²) in [6.07, 6.45) is 1.47. The molecule has 7 heteroatoms. The number of ether oxygens (including phenoxy) is 1. The molecular formula is C17H24N2O4S. The maximum Gasteiger partial charge on any atom is 0.227 e. The summed E-state index contributed by atoms with van der Waals surface area (Å²) in [5.41, 5.74) is 0.834. The Kier molecular flexibility index (Phi) is 4.94. The number of amides is 1. The van der Waals surface area contributed by atoms with Crippen molar-refractivity contribution in [3.63, 3.8) is 0 Å². The average Bonchev–Trinajstić information content (AvgIpc) is 2.77. The van der Waals surface area contributed by atoms with E-state index >= 15 is 0 Å². The minimum absolute atomic E-state index is 0.0814. The van der Waals surface area contributed by atoms with E-state index in [0.29, 0.717) is 19.1 Å². The standard InChI is InChI=1S/C17H24N2O4S/c1-18-8-14-9-19(15(10-18)12-23-11-14)17(20)7-13-3-5-16(6-4-13)24(2,21)22/h3-6,14-15H,7-12H2,1-2H3/t14-,15-/m0/s1. The van der Waals surface area contributed by atoms with Crippen molar-refractivity contribution < 1.29 is 17.9 Å². The molecule has 6 nitrogen and oxygen atoms in total. The van der Waals surface area contributed by atoms with Crippen LogP contribution in [0.4, 0.5) is 0 Å². The first-order valence-corrected chi connectivity index (χ1v) is 10.1. The van der Waals surface area contributed by atoms with E-state index in [-0.39, 0.29) is 23.3 Å². The number of likely N-dealkylation sites (N-methyl/N-ethyl adjacent to an activating group) is 1. The first-order valence-electron chi connectivity index (χ1n) is 8.17. The lowest BCUT2D eigenvalue weighted by atomic mass is 10.1. The van der Waals surface area contributed by atoms with Gasteiger partial charge in [0.1, 0.15) is 0 Å². The number of carbonyl (C=O) groups is 1. The highest BCUT2D eigenvalue weighted by atomic mass is 32.2. The van der Waals surface area contributed by atoms with Crippen LogP contribution in [0.2, 0.25) is 0 Å². The summed E-state index contributed by atoms with van der Waals surface area (Å²) < 4.78 is 28.7. The summed E-state index contributed by atoms with van der Waals surface area (Å²) in [7, 11) is -1.12. The lowest BCUT2D eigenvalue weighted by molar-refractivity contribution is -0.133. The van der Waals surface area contributed by atoms with Crippen LogP contribution >= 0.6 is 0 Å². The molecule has 2 aliphatic heterocycles. The van der Waals surface area contributed by atoms with Crippen LogP contribution in [0, 0.1) is 5.92 Å². The van der Waals surface area contributed by atoms with Gasteiger partial charge in [-0.05, 0) is 24.7 Å². The average molecular weight is 352 g/mol. The van der Waals surface area contributed by atoms with E-state index in [2.05, 4.69) is 11.9 Å². The third-order valence-electron chi connectivity index (χ3n) is 4.68. The summed E-state index contributed by atoms with van der Waals surface area (Å²) >= 11 is 0. The Balaban J connectivity index is 1.72. The number of hydrogen-bond donors (Lipinski definition) is 0. The van der Waals surface area contributed by atoms with Gasteiger partial charge >= 0.3 is 0 Å². The molecule has 0 N–H and O–H groups in total. The fourth-order valence-electron chi connectivity index (χ4n) is 3.51. The second-order valence-electron chi connectivity index (χ2n) is 6.92. The fraction of sp³-hybridized carbons (Fsp3) is 0.588. The van der Waals surface area contributed by atoms with Gasteiger partial charge in [-0.3, -0.25) is 4.79 Å². The molecule has 0 aliphatic carbocycles. The highest BCUT2D eigenvalue weighted by Crippen LogP contribution is 2.20. The Morgan fingerprint density at radius 1 is 1.17 bits per heavy atom. The molecule has 2 bridgehead atoms. The largest absolute Gasteiger partial charge is 0.379 e. The monoisotopic (exact) mass is 352 g/mol. The molecule has 1 amide bonds. The summed E-state index contributed by atoms with van der Waals surface area (Å²) in [6, 6.07) is 6.66. The molecular weight excluding hydrogens is 328 g/mol. The molecule has 2 aliphatic rings. The Labute approximate surface area is 143 Å². The number of benzene rings is 1. The predicted octanol–water partition coefficient (Wildman–Crippen LogP) is 0.422. The molecule has 2 fully saturated rings. The van der Waals surface area contributed by atoms with Crippen LogP contribution in [-0.2, 0) is 25.8 Å². The predicted molar refractivity (Wildman–Crippen MR) is 90.6 cm³/mol. The van der Waals surface area contributed by atoms with Gasteiger partial charge in [0.15, 0.2) is 9.84 Å². The number of carbonyl (C=O) groups excluding carboxylic acids is 1. The van der Waals surface area contributed by atoms with Crippen molar-refractivity contribution in [1.29, 1.82) is 0 Å². The SMILES string of the molecule is CN1C[C@@H]2COC[C@H](C1)N(C(=O)Cc1ccc(S(C)(=O)=O)cc1)C2. The molecule has 2 saturated heterocycles. The van der Waals surface area contributed by atoms with Crippen molar-refractivity contribution >= 4 is 15.7 Å². The van der Waals surface area contributed by atoms with Crippen molar-refractivity contribution in [2.75, 3.05) is 46.2 Å². The summed E-state index contributed by atoms with van der Waals surface area (Å²) in [5.74, 6) is 0.428. The maximum atomic E-state index is 12.8. The van der Waals surface area contributed by atoms with Gasteiger partial charge < -0.3 is 14.5 Å². The van der Waals surface area contributed by atoms with Crippen LogP contribution in [0.15, 0.2) is 29.2 Å². The van der Waals surface area contributed by atoms with E-state index in [0.717, 1.165) is 25.2 Å². The van der Waals surface area contributed by atoms with Crippen molar-refractivity contribution in [1.82, 2.24) is 9.80 Å². The third-order valence-corrected chi connectivity index (χ3v) is 5.81. The van der Waals surface area contributed by atoms with Crippen LogP contribution in [0.1, 0.15) is 5.56 Å². The second-order valence-corrected chi connectivity index (χ2v) is 8.93. The molecule has 0 aromatic heterocycles.